The van der Waals surface area contributed by atoms with Crippen LogP contribution in [0.25, 0.3) is 0 Å². The summed E-state index contributed by atoms with van der Waals surface area (Å²) in [5.41, 5.74) is 0.699. The third-order valence-corrected chi connectivity index (χ3v) is 6.76. The zero-order valence-corrected chi connectivity index (χ0v) is 17.9. The Balaban J connectivity index is 1.27. The number of fused-ring (bicyclic) bond motifs is 1. The number of hydrogen-bond acceptors (Lipinski definition) is 9. The molecule has 1 spiro atoms. The molecule has 0 bridgehead atoms. The van der Waals surface area contributed by atoms with E-state index < -0.39 is 5.79 Å². The maximum atomic E-state index is 12.3. The van der Waals surface area contributed by atoms with Gasteiger partial charge in [0, 0.05) is 38.2 Å². The average Bonchev–Trinajstić information content (AvgIpc) is 3.31. The van der Waals surface area contributed by atoms with Gasteiger partial charge >= 0.3 is 0 Å². The first-order valence-electron chi connectivity index (χ1n) is 9.67. The van der Waals surface area contributed by atoms with Crippen molar-refractivity contribution < 1.29 is 19.0 Å². The predicted octanol–water partition coefficient (Wildman–Crippen LogP) is 3.76. The van der Waals surface area contributed by atoms with Crippen molar-refractivity contribution in [1.29, 1.82) is 0 Å². The van der Waals surface area contributed by atoms with Crippen LogP contribution < -0.4 is 20.1 Å². The number of thioether (sulfide) groups is 1. The molecule has 2 N–H and O–H groups in total. The number of anilines is 2. The number of rotatable bonds is 8. The van der Waals surface area contributed by atoms with Gasteiger partial charge in [-0.25, -0.2) is 0 Å². The first-order valence-corrected chi connectivity index (χ1v) is 11.5. The summed E-state index contributed by atoms with van der Waals surface area (Å²) in [4.78, 5) is 12.3. The topological polar surface area (TPSA) is 94.6 Å². The molecule has 1 fully saturated rings. The number of ether oxygens (including phenoxy) is 3. The van der Waals surface area contributed by atoms with Gasteiger partial charge in [0.15, 0.2) is 15.8 Å². The monoisotopic (exact) mass is 436 g/mol. The van der Waals surface area contributed by atoms with Crippen molar-refractivity contribution in [2.75, 3.05) is 36.6 Å². The smallest absolute Gasteiger partial charge is 0.251 e. The van der Waals surface area contributed by atoms with Crippen molar-refractivity contribution in [3.05, 3.63) is 18.2 Å². The molecule has 1 aliphatic heterocycles. The van der Waals surface area contributed by atoms with E-state index in [-0.39, 0.29) is 11.7 Å². The Morgan fingerprint density at radius 1 is 1.24 bits per heavy atom. The normalized spacial score (nSPS) is 16.7. The molecule has 1 aromatic carbocycles. The molecule has 29 heavy (non-hydrogen) atoms. The Morgan fingerprint density at radius 3 is 2.90 bits per heavy atom. The van der Waals surface area contributed by atoms with E-state index in [2.05, 4.69) is 20.8 Å². The van der Waals surface area contributed by atoms with Crippen molar-refractivity contribution in [2.24, 2.45) is 0 Å². The summed E-state index contributed by atoms with van der Waals surface area (Å²) < 4.78 is 17.9. The molecule has 1 amide bonds. The Bertz CT molecular complexity index is 854. The van der Waals surface area contributed by atoms with Gasteiger partial charge in [0.25, 0.3) is 5.79 Å². The van der Waals surface area contributed by atoms with Crippen LogP contribution in [0.2, 0.25) is 0 Å². The molecule has 0 radical (unpaired) electrons. The van der Waals surface area contributed by atoms with E-state index in [9.17, 15) is 4.79 Å². The maximum absolute atomic E-state index is 12.3. The minimum absolute atomic E-state index is 0.106. The minimum atomic E-state index is -0.508. The highest BCUT2D eigenvalue weighted by Crippen LogP contribution is 2.46. The number of benzene rings is 1. The van der Waals surface area contributed by atoms with Gasteiger partial charge in [-0.05, 0) is 25.0 Å². The van der Waals surface area contributed by atoms with Gasteiger partial charge in [0.1, 0.15) is 0 Å². The fourth-order valence-corrected chi connectivity index (χ4v) is 4.97. The van der Waals surface area contributed by atoms with Crippen LogP contribution in [0.3, 0.4) is 0 Å². The fourth-order valence-electron chi connectivity index (χ4n) is 3.39. The van der Waals surface area contributed by atoms with Crippen LogP contribution in [-0.4, -0.2) is 47.9 Å². The first kappa shape index (κ1) is 20.2. The largest absolute Gasteiger partial charge is 0.448 e. The van der Waals surface area contributed by atoms with Crippen LogP contribution in [0.4, 0.5) is 10.8 Å². The summed E-state index contributed by atoms with van der Waals surface area (Å²) in [6.07, 6.45) is 5.27. The van der Waals surface area contributed by atoms with Crippen LogP contribution in [0.1, 0.15) is 32.1 Å². The maximum Gasteiger partial charge on any atom is 0.251 e. The van der Waals surface area contributed by atoms with Crippen LogP contribution in [-0.2, 0) is 9.53 Å². The molecule has 0 unspecified atom stereocenters. The molecule has 0 atom stereocenters. The summed E-state index contributed by atoms with van der Waals surface area (Å²) >= 11 is 2.77. The Labute approximate surface area is 177 Å². The van der Waals surface area contributed by atoms with Gasteiger partial charge in [-0.1, -0.05) is 29.5 Å². The van der Waals surface area contributed by atoms with Gasteiger partial charge in [-0.15, -0.1) is 10.2 Å². The Morgan fingerprint density at radius 2 is 2.07 bits per heavy atom. The lowest BCUT2D eigenvalue weighted by atomic mass is 9.94. The van der Waals surface area contributed by atoms with Crippen molar-refractivity contribution >= 4 is 39.8 Å². The van der Waals surface area contributed by atoms with E-state index in [4.69, 9.17) is 14.2 Å². The molecule has 2 heterocycles. The van der Waals surface area contributed by atoms with Crippen molar-refractivity contribution in [1.82, 2.24) is 10.2 Å². The molecule has 1 saturated carbocycles. The highest BCUT2D eigenvalue weighted by atomic mass is 32.2. The third kappa shape index (κ3) is 5.12. The lowest BCUT2D eigenvalue weighted by Gasteiger charge is -2.31. The summed E-state index contributed by atoms with van der Waals surface area (Å²) in [7, 11) is 1.65. The molecule has 2 aliphatic rings. The second kappa shape index (κ2) is 9.19. The SMILES string of the molecule is COCCNc1nnc(SCC(=O)Nc2ccc3c(c2)OC2(CCCCC2)O3)s1. The molecular weight excluding hydrogens is 412 g/mol. The quantitative estimate of drug-likeness (QED) is 0.477. The fraction of sp³-hybridized carbons (Fsp3) is 0.526. The van der Waals surface area contributed by atoms with Crippen molar-refractivity contribution in [2.45, 2.75) is 42.2 Å². The highest BCUT2D eigenvalue weighted by Gasteiger charge is 2.42. The van der Waals surface area contributed by atoms with Gasteiger partial charge in [0.2, 0.25) is 11.0 Å². The van der Waals surface area contributed by atoms with Gasteiger partial charge in [0.05, 0.1) is 12.4 Å². The molecule has 156 valence electrons. The van der Waals surface area contributed by atoms with Crippen molar-refractivity contribution in [3.63, 3.8) is 0 Å². The highest BCUT2D eigenvalue weighted by molar-refractivity contribution is 8.01. The minimum Gasteiger partial charge on any atom is -0.448 e. The first-order chi connectivity index (χ1) is 14.2. The van der Waals surface area contributed by atoms with Gasteiger partial charge < -0.3 is 24.8 Å². The summed E-state index contributed by atoms with van der Waals surface area (Å²) in [5, 5.41) is 14.9. The molecule has 8 nitrogen and oxygen atoms in total. The molecule has 0 saturated heterocycles. The molecule has 1 aliphatic carbocycles. The van der Waals surface area contributed by atoms with Crippen LogP contribution in [0, 0.1) is 0 Å². The Kier molecular flexibility index (Phi) is 6.41. The van der Waals surface area contributed by atoms with Gasteiger partial charge in [-0.3, -0.25) is 4.79 Å². The van der Waals surface area contributed by atoms with Crippen LogP contribution >= 0.6 is 23.1 Å². The molecule has 4 rings (SSSR count). The van der Waals surface area contributed by atoms with Crippen LogP contribution in [0.15, 0.2) is 22.5 Å². The number of carbonyl (C=O) groups is 1. The third-order valence-electron chi connectivity index (χ3n) is 4.75. The number of aromatic nitrogens is 2. The number of methoxy groups -OCH3 is 1. The van der Waals surface area contributed by atoms with Crippen LogP contribution in [0.5, 0.6) is 11.5 Å². The van der Waals surface area contributed by atoms with E-state index >= 15 is 0 Å². The summed E-state index contributed by atoms with van der Waals surface area (Å²) in [6, 6.07) is 5.55. The number of nitrogens with one attached hydrogen (secondary N) is 2. The predicted molar refractivity (Wildman–Crippen MR) is 113 cm³/mol. The Hall–Kier alpha value is -2.04. The van der Waals surface area contributed by atoms with E-state index in [1.165, 1.54) is 29.5 Å². The summed E-state index contributed by atoms with van der Waals surface area (Å²) in [6.45, 7) is 1.27. The van der Waals surface area contributed by atoms with Crippen molar-refractivity contribution in [3.8, 4) is 11.5 Å². The number of carbonyl (C=O) groups excluding carboxylic acids is 1. The summed E-state index contributed by atoms with van der Waals surface area (Å²) in [5.74, 6) is 1.09. The molecule has 2 aromatic rings. The lowest BCUT2D eigenvalue weighted by Crippen LogP contribution is -2.40. The molecular formula is C19H24N4O4S2. The standard InChI is InChI=1S/C19H24N4O4S2/c1-25-10-9-20-17-22-23-18(29-17)28-12-16(24)21-13-5-6-14-15(11-13)27-19(26-14)7-3-2-4-8-19/h5-6,11H,2-4,7-10,12H2,1H3,(H,20,22)(H,21,24). The molecule has 10 heteroatoms. The average molecular weight is 437 g/mol. The van der Waals surface area contributed by atoms with E-state index in [0.29, 0.717) is 24.6 Å². The second-order valence-electron chi connectivity index (χ2n) is 6.97. The number of amides is 1. The lowest BCUT2D eigenvalue weighted by molar-refractivity contribution is -0.113. The van der Waals surface area contributed by atoms with E-state index in [1.54, 1.807) is 7.11 Å². The van der Waals surface area contributed by atoms with E-state index in [1.807, 2.05) is 18.2 Å². The van der Waals surface area contributed by atoms with E-state index in [0.717, 1.165) is 40.9 Å². The number of nitrogens with zero attached hydrogens (tertiary/aromatic N) is 2. The zero-order chi connectivity index (χ0) is 20.1. The van der Waals surface area contributed by atoms with Gasteiger partial charge in [-0.2, -0.15) is 0 Å². The zero-order valence-electron chi connectivity index (χ0n) is 16.2. The number of hydrogen-bond donors (Lipinski definition) is 2. The molecule has 1 aromatic heterocycles. The second-order valence-corrected chi connectivity index (χ2v) is 9.17.